The minimum absolute atomic E-state index is 0.0419. The molecule has 2 atom stereocenters. The van der Waals surface area contributed by atoms with Crippen LogP contribution in [0.2, 0.25) is 0 Å². The van der Waals surface area contributed by atoms with E-state index in [1.807, 2.05) is 13.8 Å². The molecule has 1 heterocycles. The third-order valence-corrected chi connectivity index (χ3v) is 3.74. The van der Waals surface area contributed by atoms with Crippen LogP contribution in [0.3, 0.4) is 0 Å². The molecule has 0 aromatic carbocycles. The van der Waals surface area contributed by atoms with Crippen LogP contribution in [0.15, 0.2) is 0 Å². The number of hydrogen-bond acceptors (Lipinski definition) is 1. The molecule has 1 aliphatic heterocycles. The largest absolute Gasteiger partial charge is 0.305 e. The molecule has 1 rings (SSSR count). The van der Waals surface area contributed by atoms with E-state index in [4.69, 9.17) is 0 Å². The van der Waals surface area contributed by atoms with E-state index in [0.717, 1.165) is 12.8 Å². The molecule has 0 aliphatic carbocycles. The molecule has 2 unspecified atom stereocenters. The van der Waals surface area contributed by atoms with Crippen molar-refractivity contribution >= 4 is 0 Å². The van der Waals surface area contributed by atoms with Gasteiger partial charge in [0.25, 0.3) is 0 Å². The first kappa shape index (κ1) is 12.9. The maximum absolute atomic E-state index is 13.8. The molecular formula is C12H23F2N. The van der Waals surface area contributed by atoms with E-state index in [1.54, 1.807) is 0 Å². The molecule has 0 aromatic rings. The number of alkyl halides is 2. The Morgan fingerprint density at radius 2 is 1.93 bits per heavy atom. The number of piperidine rings is 1. The van der Waals surface area contributed by atoms with E-state index in [0.29, 0.717) is 12.5 Å². The van der Waals surface area contributed by atoms with Gasteiger partial charge in [-0.05, 0) is 32.1 Å². The first-order valence-corrected chi connectivity index (χ1v) is 6.03. The molecule has 0 N–H and O–H groups in total. The molecular weight excluding hydrogens is 196 g/mol. The Labute approximate surface area is 91.8 Å². The molecule has 0 saturated carbocycles. The quantitative estimate of drug-likeness (QED) is 0.653. The molecule has 3 heteroatoms. The molecule has 0 spiro atoms. The normalized spacial score (nSPS) is 29.4. The first-order valence-electron chi connectivity index (χ1n) is 6.03. The van der Waals surface area contributed by atoms with Crippen LogP contribution in [-0.4, -0.2) is 23.5 Å². The second-order valence-electron chi connectivity index (χ2n) is 5.09. The number of likely N-dealkylation sites (tertiary alicyclic amines) is 1. The van der Waals surface area contributed by atoms with E-state index in [2.05, 4.69) is 13.8 Å². The number of hydrogen-bond donors (Lipinski definition) is 0. The van der Waals surface area contributed by atoms with E-state index in [-0.39, 0.29) is 18.4 Å². The fourth-order valence-electron chi connectivity index (χ4n) is 2.46. The van der Waals surface area contributed by atoms with Crippen LogP contribution in [0.25, 0.3) is 0 Å². The summed E-state index contributed by atoms with van der Waals surface area (Å²) in [5, 5.41) is 0. The molecule has 0 aromatic heterocycles. The van der Waals surface area contributed by atoms with Crippen LogP contribution < -0.4 is 0 Å². The summed E-state index contributed by atoms with van der Waals surface area (Å²) in [6, 6.07) is -2.65. The predicted molar refractivity (Wildman–Crippen MR) is 59.0 cm³/mol. The Balaban J connectivity index is 2.64. The maximum atomic E-state index is 13.8. The zero-order chi connectivity index (χ0) is 11.6. The zero-order valence-electron chi connectivity index (χ0n) is 10.3. The average molecular weight is 219 g/mol. The summed E-state index contributed by atoms with van der Waals surface area (Å²) >= 11 is 0. The summed E-state index contributed by atoms with van der Waals surface area (Å²) in [4.78, 5) is 1.34. The Kier molecular flexibility index (Phi) is 4.10. The van der Waals surface area contributed by atoms with Crippen LogP contribution in [-0.2, 0) is 0 Å². The van der Waals surface area contributed by atoms with Crippen molar-refractivity contribution in [3.05, 3.63) is 0 Å². The van der Waals surface area contributed by atoms with E-state index < -0.39 is 6.05 Å². The molecule has 15 heavy (non-hydrogen) atoms. The average Bonchev–Trinajstić information content (AvgIpc) is 2.14. The Hall–Kier alpha value is -0.180. The third kappa shape index (κ3) is 2.90. The predicted octanol–water partition coefficient (Wildman–Crippen LogP) is 3.75. The molecule has 0 amide bonds. The molecule has 0 bridgehead atoms. The number of rotatable bonds is 3. The molecule has 90 valence electrons. The lowest BCUT2D eigenvalue weighted by Gasteiger charge is -2.42. The van der Waals surface area contributed by atoms with Gasteiger partial charge in [-0.15, -0.1) is 0 Å². The smallest absolute Gasteiger partial charge is 0.242 e. The van der Waals surface area contributed by atoms with Gasteiger partial charge in [-0.1, -0.05) is 20.3 Å². The second kappa shape index (κ2) is 4.77. The van der Waals surface area contributed by atoms with Crippen LogP contribution >= 0.6 is 0 Å². The van der Waals surface area contributed by atoms with Crippen molar-refractivity contribution in [1.29, 1.82) is 0 Å². The molecule has 1 aliphatic rings. The van der Waals surface area contributed by atoms with Gasteiger partial charge in [-0.25, -0.2) is 4.90 Å². The summed E-state index contributed by atoms with van der Waals surface area (Å²) < 4.78 is 27.6. The summed E-state index contributed by atoms with van der Waals surface area (Å²) in [6.45, 7) is 8.40. The minimum atomic E-state index is -2.60. The van der Waals surface area contributed by atoms with Crippen LogP contribution in [0.4, 0.5) is 8.78 Å². The highest BCUT2D eigenvalue weighted by Crippen LogP contribution is 2.39. The lowest BCUT2D eigenvalue weighted by molar-refractivity contribution is -0.196. The molecule has 1 saturated heterocycles. The molecule has 1 nitrogen and oxygen atoms in total. The SMILES string of the molecule is CCC(C)C1CCN(C(C)C)C(F)(F)C1. The highest BCUT2D eigenvalue weighted by atomic mass is 19.3. The molecule has 1 fully saturated rings. The second-order valence-corrected chi connectivity index (χ2v) is 5.09. The summed E-state index contributed by atoms with van der Waals surface area (Å²) in [5.41, 5.74) is 0. The highest BCUT2D eigenvalue weighted by Gasteiger charge is 2.45. The van der Waals surface area contributed by atoms with Crippen molar-refractivity contribution in [1.82, 2.24) is 4.90 Å². The van der Waals surface area contributed by atoms with Gasteiger partial charge < -0.3 is 0 Å². The van der Waals surface area contributed by atoms with Crippen molar-refractivity contribution in [2.75, 3.05) is 6.54 Å². The van der Waals surface area contributed by atoms with Gasteiger partial charge in [0.1, 0.15) is 0 Å². The summed E-state index contributed by atoms with van der Waals surface area (Å²) in [7, 11) is 0. The third-order valence-electron chi connectivity index (χ3n) is 3.74. The monoisotopic (exact) mass is 219 g/mol. The fraction of sp³-hybridized carbons (Fsp3) is 1.00. The van der Waals surface area contributed by atoms with Crippen molar-refractivity contribution in [2.45, 2.75) is 59.0 Å². The van der Waals surface area contributed by atoms with Crippen molar-refractivity contribution < 1.29 is 8.78 Å². The Morgan fingerprint density at radius 1 is 1.33 bits per heavy atom. The van der Waals surface area contributed by atoms with E-state index in [1.165, 1.54) is 4.90 Å². The van der Waals surface area contributed by atoms with Gasteiger partial charge in [0, 0.05) is 19.0 Å². The zero-order valence-corrected chi connectivity index (χ0v) is 10.3. The van der Waals surface area contributed by atoms with Crippen molar-refractivity contribution in [3.8, 4) is 0 Å². The van der Waals surface area contributed by atoms with Crippen LogP contribution in [0, 0.1) is 11.8 Å². The van der Waals surface area contributed by atoms with Gasteiger partial charge >= 0.3 is 6.05 Å². The standard InChI is InChI=1S/C12H23F2N/c1-5-10(4)11-6-7-15(9(2)3)12(13,14)8-11/h9-11H,5-8H2,1-4H3. The van der Waals surface area contributed by atoms with Gasteiger partial charge in [0.05, 0.1) is 0 Å². The van der Waals surface area contributed by atoms with E-state index >= 15 is 0 Å². The van der Waals surface area contributed by atoms with Gasteiger partial charge in [-0.3, -0.25) is 0 Å². The lowest BCUT2D eigenvalue weighted by Crippen LogP contribution is -2.52. The van der Waals surface area contributed by atoms with Crippen molar-refractivity contribution in [2.24, 2.45) is 11.8 Å². The van der Waals surface area contributed by atoms with Gasteiger partial charge in [0.15, 0.2) is 0 Å². The Bertz CT molecular complexity index is 204. The van der Waals surface area contributed by atoms with Gasteiger partial charge in [-0.2, -0.15) is 8.78 Å². The van der Waals surface area contributed by atoms with Crippen LogP contribution in [0.1, 0.15) is 47.0 Å². The van der Waals surface area contributed by atoms with Gasteiger partial charge in [0.2, 0.25) is 0 Å². The van der Waals surface area contributed by atoms with E-state index in [9.17, 15) is 8.78 Å². The fourth-order valence-corrected chi connectivity index (χ4v) is 2.46. The lowest BCUT2D eigenvalue weighted by atomic mass is 9.82. The van der Waals surface area contributed by atoms with Crippen molar-refractivity contribution in [3.63, 3.8) is 0 Å². The first-order chi connectivity index (χ1) is 6.88. The molecule has 0 radical (unpaired) electrons. The number of nitrogens with zero attached hydrogens (tertiary/aromatic N) is 1. The topological polar surface area (TPSA) is 3.24 Å². The maximum Gasteiger partial charge on any atom is 0.305 e. The number of halogens is 2. The summed E-state index contributed by atoms with van der Waals surface area (Å²) in [6.07, 6.45) is 1.96. The van der Waals surface area contributed by atoms with Crippen LogP contribution in [0.5, 0.6) is 0 Å². The summed E-state index contributed by atoms with van der Waals surface area (Å²) in [5.74, 6) is 0.616. The Morgan fingerprint density at radius 3 is 2.33 bits per heavy atom. The minimum Gasteiger partial charge on any atom is -0.242 e. The highest BCUT2D eigenvalue weighted by molar-refractivity contribution is 4.84.